The third-order valence-corrected chi connectivity index (χ3v) is 5.67. The summed E-state index contributed by atoms with van der Waals surface area (Å²) in [5, 5.41) is 27.4. The van der Waals surface area contributed by atoms with Crippen LogP contribution in [0.4, 0.5) is 0 Å². The van der Waals surface area contributed by atoms with E-state index in [-0.39, 0.29) is 24.3 Å². The van der Waals surface area contributed by atoms with Gasteiger partial charge in [0.1, 0.15) is 6.04 Å². The van der Waals surface area contributed by atoms with Crippen LogP contribution in [0.3, 0.4) is 0 Å². The van der Waals surface area contributed by atoms with Crippen LogP contribution in [0.1, 0.15) is 109 Å². The molecule has 0 aliphatic carbocycles. The fourth-order valence-electron chi connectivity index (χ4n) is 3.53. The van der Waals surface area contributed by atoms with Gasteiger partial charge in [0.05, 0.1) is 0 Å². The molecular formula is C26H46N2O5. The highest BCUT2D eigenvalue weighted by Gasteiger charge is 2.11. The zero-order chi connectivity index (χ0) is 24.9. The standard InChI is InChI=1S/C21H36O2.C5H10N2O3/c1-2-3-4-5-6-7-8-9-10-11-12-13-14-16-19-17-15-18-20(22)21(19)23;6-3(5(9)10)1-2-4(7)8/h15,17-18,22-23H,2-14,16H2,1H3;3H,1-2,6H2,(H2,7,8)(H,9,10)/t;3-/m.0/s1. The van der Waals surface area contributed by atoms with Gasteiger partial charge >= 0.3 is 5.97 Å². The molecule has 0 saturated heterocycles. The summed E-state index contributed by atoms with van der Waals surface area (Å²) >= 11 is 0. The van der Waals surface area contributed by atoms with E-state index in [9.17, 15) is 19.8 Å². The summed E-state index contributed by atoms with van der Waals surface area (Å²) in [4.78, 5) is 20.1. The number of hydrogen-bond donors (Lipinski definition) is 5. The average molecular weight is 467 g/mol. The molecule has 0 aromatic heterocycles. The smallest absolute Gasteiger partial charge is 0.320 e. The predicted octanol–water partition coefficient (Wildman–Crippen LogP) is 5.40. The maximum absolute atomic E-state index is 10.1. The van der Waals surface area contributed by atoms with Gasteiger partial charge in [-0.3, -0.25) is 9.59 Å². The van der Waals surface area contributed by atoms with Gasteiger partial charge in [0, 0.05) is 6.42 Å². The highest BCUT2D eigenvalue weighted by molar-refractivity contribution is 5.76. The fraction of sp³-hybridized carbons (Fsp3) is 0.692. The molecule has 1 atom stereocenters. The van der Waals surface area contributed by atoms with Gasteiger partial charge in [0.25, 0.3) is 0 Å². The van der Waals surface area contributed by atoms with Gasteiger partial charge in [-0.05, 0) is 30.9 Å². The second-order valence-corrected chi connectivity index (χ2v) is 8.73. The van der Waals surface area contributed by atoms with E-state index in [2.05, 4.69) is 6.92 Å². The minimum atomic E-state index is -1.11. The largest absolute Gasteiger partial charge is 0.504 e. The Labute approximate surface area is 199 Å². The maximum atomic E-state index is 10.1. The highest BCUT2D eigenvalue weighted by Crippen LogP contribution is 2.29. The average Bonchev–Trinajstić information content (AvgIpc) is 2.78. The van der Waals surface area contributed by atoms with Crippen molar-refractivity contribution in [1.29, 1.82) is 0 Å². The number of para-hydroxylation sites is 1. The van der Waals surface area contributed by atoms with Crippen LogP contribution in [0.25, 0.3) is 0 Å². The van der Waals surface area contributed by atoms with E-state index >= 15 is 0 Å². The molecule has 0 saturated carbocycles. The highest BCUT2D eigenvalue weighted by atomic mass is 16.4. The molecule has 0 aliphatic rings. The van der Waals surface area contributed by atoms with Crippen LogP contribution in [-0.4, -0.2) is 33.2 Å². The molecule has 0 heterocycles. The number of primary amides is 1. The molecule has 0 aliphatic heterocycles. The van der Waals surface area contributed by atoms with Crippen LogP contribution in [-0.2, 0) is 16.0 Å². The van der Waals surface area contributed by atoms with Crippen LogP contribution in [0, 0.1) is 0 Å². The minimum Gasteiger partial charge on any atom is -0.504 e. The monoisotopic (exact) mass is 466 g/mol. The number of phenolic OH excluding ortho intramolecular Hbond substituents is 2. The van der Waals surface area contributed by atoms with Gasteiger partial charge in [-0.15, -0.1) is 0 Å². The summed E-state index contributed by atoms with van der Waals surface area (Å²) in [6.07, 6.45) is 18.5. The molecule has 1 aromatic rings. The molecule has 0 bridgehead atoms. The number of rotatable bonds is 18. The van der Waals surface area contributed by atoms with E-state index in [1.807, 2.05) is 6.07 Å². The number of carboxylic acids is 1. The molecule has 1 rings (SSSR count). The number of phenols is 2. The molecule has 7 nitrogen and oxygen atoms in total. The van der Waals surface area contributed by atoms with Crippen molar-refractivity contribution in [1.82, 2.24) is 0 Å². The lowest BCUT2D eigenvalue weighted by molar-refractivity contribution is -0.138. The summed E-state index contributed by atoms with van der Waals surface area (Å²) in [6, 6.07) is 4.25. The first-order chi connectivity index (χ1) is 15.8. The molecule has 190 valence electrons. The van der Waals surface area contributed by atoms with Crippen molar-refractivity contribution in [2.75, 3.05) is 0 Å². The SMILES string of the molecule is CCCCCCCCCCCCCCCc1cccc(O)c1O.NC(=O)CC[C@H](N)C(=O)O. The molecule has 0 spiro atoms. The molecule has 33 heavy (non-hydrogen) atoms. The van der Waals surface area contributed by atoms with Crippen molar-refractivity contribution in [3.05, 3.63) is 23.8 Å². The third-order valence-electron chi connectivity index (χ3n) is 5.67. The van der Waals surface area contributed by atoms with Crippen molar-refractivity contribution < 1.29 is 24.9 Å². The Morgan fingerprint density at radius 2 is 1.33 bits per heavy atom. The van der Waals surface area contributed by atoms with E-state index < -0.39 is 17.9 Å². The van der Waals surface area contributed by atoms with Gasteiger partial charge < -0.3 is 26.8 Å². The van der Waals surface area contributed by atoms with Crippen LogP contribution in [0.5, 0.6) is 11.5 Å². The van der Waals surface area contributed by atoms with Crippen LogP contribution in [0.2, 0.25) is 0 Å². The Kier molecular flexibility index (Phi) is 18.9. The number of carbonyl (C=O) groups excluding carboxylic acids is 1. The summed E-state index contributed by atoms with van der Waals surface area (Å²) in [7, 11) is 0. The summed E-state index contributed by atoms with van der Waals surface area (Å²) in [6.45, 7) is 2.27. The minimum absolute atomic E-state index is 0.00260. The van der Waals surface area contributed by atoms with Crippen molar-refractivity contribution in [3.63, 3.8) is 0 Å². The molecule has 1 amide bonds. The Bertz CT molecular complexity index is 652. The number of unbranched alkanes of at least 4 members (excludes halogenated alkanes) is 12. The van der Waals surface area contributed by atoms with Crippen molar-refractivity contribution in [2.24, 2.45) is 11.5 Å². The topological polar surface area (TPSA) is 147 Å². The first-order valence-electron chi connectivity index (χ1n) is 12.6. The lowest BCUT2D eigenvalue weighted by atomic mass is 10.0. The number of aromatic hydroxyl groups is 2. The van der Waals surface area contributed by atoms with Crippen LogP contribution < -0.4 is 11.5 Å². The van der Waals surface area contributed by atoms with Crippen LogP contribution >= 0.6 is 0 Å². The van der Waals surface area contributed by atoms with E-state index in [0.717, 1.165) is 18.4 Å². The van der Waals surface area contributed by atoms with Gasteiger partial charge in [-0.25, -0.2) is 0 Å². The lowest BCUT2D eigenvalue weighted by Crippen LogP contribution is -2.31. The number of carbonyl (C=O) groups is 2. The Balaban J connectivity index is 0.000000861. The Morgan fingerprint density at radius 1 is 0.848 bits per heavy atom. The Morgan fingerprint density at radius 3 is 1.79 bits per heavy atom. The molecule has 0 unspecified atom stereocenters. The van der Waals surface area contributed by atoms with Gasteiger partial charge in [0.15, 0.2) is 11.5 Å². The number of aryl methyl sites for hydroxylation is 1. The van der Waals surface area contributed by atoms with Crippen molar-refractivity contribution >= 4 is 11.9 Å². The number of carboxylic acid groups (broad SMARTS) is 1. The third kappa shape index (κ3) is 17.9. The van der Waals surface area contributed by atoms with Gasteiger partial charge in [0.2, 0.25) is 5.91 Å². The maximum Gasteiger partial charge on any atom is 0.320 e. The van der Waals surface area contributed by atoms with Crippen molar-refractivity contribution in [2.45, 2.75) is 116 Å². The molecule has 1 aromatic carbocycles. The number of aliphatic carboxylic acids is 1. The van der Waals surface area contributed by atoms with Crippen molar-refractivity contribution in [3.8, 4) is 11.5 Å². The normalized spacial score (nSPS) is 11.5. The number of nitrogens with two attached hydrogens (primary N) is 2. The first kappa shape index (κ1) is 30.7. The lowest BCUT2D eigenvalue weighted by Gasteiger charge is -2.06. The van der Waals surface area contributed by atoms with E-state index in [4.69, 9.17) is 16.6 Å². The molecule has 0 fully saturated rings. The molecule has 0 radical (unpaired) electrons. The quantitative estimate of drug-likeness (QED) is 0.145. The first-order valence-corrected chi connectivity index (χ1v) is 12.6. The summed E-state index contributed by atoms with van der Waals surface area (Å²) < 4.78 is 0. The van der Waals surface area contributed by atoms with E-state index in [1.165, 1.54) is 83.1 Å². The molecule has 7 N–H and O–H groups in total. The van der Waals surface area contributed by atoms with E-state index in [0.29, 0.717) is 0 Å². The predicted molar refractivity (Wildman–Crippen MR) is 133 cm³/mol. The zero-order valence-corrected chi connectivity index (χ0v) is 20.4. The number of hydrogen-bond acceptors (Lipinski definition) is 5. The molecular weight excluding hydrogens is 420 g/mol. The van der Waals surface area contributed by atoms with Gasteiger partial charge in [-0.1, -0.05) is 96.1 Å². The van der Waals surface area contributed by atoms with Gasteiger partial charge in [-0.2, -0.15) is 0 Å². The summed E-state index contributed by atoms with van der Waals surface area (Å²) in [5.74, 6) is -1.58. The zero-order valence-electron chi connectivity index (χ0n) is 20.4. The van der Waals surface area contributed by atoms with Crippen LogP contribution in [0.15, 0.2) is 18.2 Å². The Hall–Kier alpha value is -2.28. The summed E-state index contributed by atoms with van der Waals surface area (Å²) in [5.41, 5.74) is 10.7. The second kappa shape index (κ2) is 20.3. The van der Waals surface area contributed by atoms with E-state index in [1.54, 1.807) is 6.07 Å². The number of benzene rings is 1. The number of amides is 1. The molecule has 7 heteroatoms. The second-order valence-electron chi connectivity index (χ2n) is 8.73. The fourth-order valence-corrected chi connectivity index (χ4v) is 3.53.